The molecule has 0 fully saturated rings. The molecule has 0 bridgehead atoms. The standard InChI is InChI=1S/C16H13F6N3O2S2/c1-9-2-4-13(5-3-9)29(26,27)24-25(14(23)28)12-7-10(15(17,18)19)6-11(8-12)16(20,21)22/h2-8,24H,1H3,(H2,23,28). The first-order valence-corrected chi connectivity index (χ1v) is 9.48. The summed E-state index contributed by atoms with van der Waals surface area (Å²) in [4.78, 5) is 1.51. The molecule has 0 unspecified atom stereocenters. The Kier molecular flexibility index (Phi) is 6.16. The number of thiocarbonyl (C=S) groups is 1. The SMILES string of the molecule is Cc1ccc(S(=O)(=O)NN(C(N)=S)c2cc(C(F)(F)F)cc(C(F)(F)F)c2)cc1. The molecule has 0 aliphatic rings. The molecule has 0 atom stereocenters. The van der Waals surface area contributed by atoms with E-state index < -0.39 is 44.3 Å². The van der Waals surface area contributed by atoms with Gasteiger partial charge in [-0.3, -0.25) is 0 Å². The third kappa shape index (κ3) is 5.58. The largest absolute Gasteiger partial charge is 0.416 e. The first-order valence-electron chi connectivity index (χ1n) is 7.59. The van der Waals surface area contributed by atoms with Crippen LogP contribution in [0.4, 0.5) is 32.0 Å². The van der Waals surface area contributed by atoms with Gasteiger partial charge in [0.15, 0.2) is 5.11 Å². The molecule has 0 aliphatic heterocycles. The van der Waals surface area contributed by atoms with Crippen molar-refractivity contribution in [1.29, 1.82) is 0 Å². The first-order chi connectivity index (χ1) is 13.1. The van der Waals surface area contributed by atoms with E-state index in [0.29, 0.717) is 12.1 Å². The second-order valence-corrected chi connectivity index (χ2v) is 7.92. The number of hydrogen-bond donors (Lipinski definition) is 2. The van der Waals surface area contributed by atoms with E-state index in [1.165, 1.54) is 24.3 Å². The Morgan fingerprint density at radius 1 is 0.966 bits per heavy atom. The van der Waals surface area contributed by atoms with Gasteiger partial charge in [-0.1, -0.05) is 17.7 Å². The second kappa shape index (κ2) is 7.80. The maximum absolute atomic E-state index is 13.1. The van der Waals surface area contributed by atoms with Crippen LogP contribution < -0.4 is 15.6 Å². The topological polar surface area (TPSA) is 75.4 Å². The van der Waals surface area contributed by atoms with Gasteiger partial charge >= 0.3 is 12.4 Å². The monoisotopic (exact) mass is 457 g/mol. The van der Waals surface area contributed by atoms with Gasteiger partial charge in [0.25, 0.3) is 10.0 Å². The van der Waals surface area contributed by atoms with Gasteiger partial charge in [-0.05, 0) is 49.5 Å². The number of anilines is 1. The summed E-state index contributed by atoms with van der Waals surface area (Å²) in [6.45, 7) is 1.69. The van der Waals surface area contributed by atoms with Crippen molar-refractivity contribution in [3.8, 4) is 0 Å². The van der Waals surface area contributed by atoms with E-state index in [1.807, 2.05) is 0 Å². The molecule has 2 aromatic carbocycles. The van der Waals surface area contributed by atoms with E-state index in [-0.39, 0.29) is 16.0 Å². The summed E-state index contributed by atoms with van der Waals surface area (Å²) in [6, 6.07) is 5.79. The zero-order chi connectivity index (χ0) is 22.2. The summed E-state index contributed by atoms with van der Waals surface area (Å²) < 4.78 is 103. The lowest BCUT2D eigenvalue weighted by molar-refractivity contribution is -0.143. The quantitative estimate of drug-likeness (QED) is 0.413. The number of rotatable bonds is 4. The molecule has 0 aliphatic carbocycles. The fourth-order valence-corrected chi connectivity index (χ4v) is 3.44. The highest BCUT2D eigenvalue weighted by Gasteiger charge is 2.38. The molecular formula is C16H13F6N3O2S2. The first kappa shape index (κ1) is 22.9. The van der Waals surface area contributed by atoms with Crippen molar-refractivity contribution in [1.82, 2.24) is 4.83 Å². The van der Waals surface area contributed by atoms with Gasteiger partial charge in [-0.25, -0.2) is 13.4 Å². The minimum absolute atomic E-state index is 0.101. The van der Waals surface area contributed by atoms with Gasteiger partial charge in [-0.2, -0.15) is 26.3 Å². The number of halogens is 6. The predicted octanol–water partition coefficient (Wildman–Crippen LogP) is 3.98. The van der Waals surface area contributed by atoms with E-state index in [9.17, 15) is 34.8 Å². The molecule has 2 rings (SSSR count). The molecule has 0 saturated heterocycles. The molecule has 13 heteroatoms. The highest BCUT2D eigenvalue weighted by molar-refractivity contribution is 7.89. The number of nitrogens with one attached hydrogen (secondary N) is 1. The van der Waals surface area contributed by atoms with Gasteiger partial charge in [0.2, 0.25) is 0 Å². The van der Waals surface area contributed by atoms with E-state index >= 15 is 0 Å². The van der Waals surface area contributed by atoms with Crippen LogP contribution in [0.2, 0.25) is 0 Å². The fraction of sp³-hybridized carbons (Fsp3) is 0.188. The van der Waals surface area contributed by atoms with Crippen LogP contribution in [0, 0.1) is 6.92 Å². The van der Waals surface area contributed by atoms with Crippen molar-refractivity contribution in [3.63, 3.8) is 0 Å². The summed E-state index contributed by atoms with van der Waals surface area (Å²) >= 11 is 4.63. The number of nitrogens with zero attached hydrogens (tertiary/aromatic N) is 1. The predicted molar refractivity (Wildman–Crippen MR) is 97.2 cm³/mol. The lowest BCUT2D eigenvalue weighted by Crippen LogP contribution is -2.49. The van der Waals surface area contributed by atoms with Crippen molar-refractivity contribution < 1.29 is 34.8 Å². The van der Waals surface area contributed by atoms with Crippen LogP contribution in [0.1, 0.15) is 16.7 Å². The van der Waals surface area contributed by atoms with Crippen LogP contribution in [0.15, 0.2) is 47.4 Å². The summed E-state index contributed by atoms with van der Waals surface area (Å²) in [5.74, 6) is 0. The number of benzene rings is 2. The molecule has 0 spiro atoms. The van der Waals surface area contributed by atoms with Gasteiger partial charge < -0.3 is 5.73 Å². The molecule has 0 aromatic heterocycles. The van der Waals surface area contributed by atoms with Crippen molar-refractivity contribution >= 4 is 33.0 Å². The van der Waals surface area contributed by atoms with Crippen LogP contribution in [-0.2, 0) is 22.4 Å². The van der Waals surface area contributed by atoms with Crippen molar-refractivity contribution in [2.24, 2.45) is 5.73 Å². The Balaban J connectivity index is 2.58. The molecule has 0 radical (unpaired) electrons. The molecule has 5 nitrogen and oxygen atoms in total. The molecule has 0 saturated carbocycles. The normalized spacial score (nSPS) is 12.7. The zero-order valence-corrected chi connectivity index (χ0v) is 16.1. The van der Waals surface area contributed by atoms with E-state index in [2.05, 4.69) is 12.2 Å². The number of hydrogen-bond acceptors (Lipinski definition) is 3. The molecule has 158 valence electrons. The van der Waals surface area contributed by atoms with Crippen LogP contribution >= 0.6 is 12.2 Å². The van der Waals surface area contributed by atoms with Gasteiger partial charge in [0.05, 0.1) is 21.7 Å². The van der Waals surface area contributed by atoms with Crippen LogP contribution in [0.3, 0.4) is 0 Å². The minimum Gasteiger partial charge on any atom is -0.375 e. The number of aryl methyl sites for hydroxylation is 1. The lowest BCUT2D eigenvalue weighted by Gasteiger charge is -2.25. The van der Waals surface area contributed by atoms with E-state index in [4.69, 9.17) is 5.73 Å². The molecule has 3 N–H and O–H groups in total. The maximum Gasteiger partial charge on any atom is 0.416 e. The molecule has 29 heavy (non-hydrogen) atoms. The number of alkyl halides is 6. The zero-order valence-electron chi connectivity index (χ0n) is 14.5. The summed E-state index contributed by atoms with van der Waals surface area (Å²) in [5.41, 5.74) is 1.93. The third-order valence-corrected chi connectivity index (χ3v) is 5.09. The van der Waals surface area contributed by atoms with Crippen molar-refractivity contribution in [3.05, 3.63) is 59.2 Å². The second-order valence-electron chi connectivity index (χ2n) is 5.85. The molecule has 0 amide bonds. The number of hydrazine groups is 1. The molecular weight excluding hydrogens is 444 g/mol. The van der Waals surface area contributed by atoms with E-state index in [0.717, 1.165) is 5.56 Å². The number of nitrogens with two attached hydrogens (primary N) is 1. The van der Waals surface area contributed by atoms with Gasteiger partial charge in [0, 0.05) is 0 Å². The average Bonchev–Trinajstić information content (AvgIpc) is 2.58. The molecule has 0 heterocycles. The Bertz CT molecular complexity index is 986. The van der Waals surface area contributed by atoms with Crippen molar-refractivity contribution in [2.75, 3.05) is 5.01 Å². The van der Waals surface area contributed by atoms with Crippen LogP contribution in [0.5, 0.6) is 0 Å². The highest BCUT2D eigenvalue weighted by Crippen LogP contribution is 2.38. The Morgan fingerprint density at radius 2 is 1.41 bits per heavy atom. The van der Waals surface area contributed by atoms with Gasteiger partial charge in [-0.15, -0.1) is 4.83 Å². The van der Waals surface area contributed by atoms with E-state index in [1.54, 1.807) is 11.8 Å². The summed E-state index contributed by atoms with van der Waals surface area (Å²) in [6.07, 6.45) is -10.3. The average molecular weight is 457 g/mol. The maximum atomic E-state index is 13.1. The van der Waals surface area contributed by atoms with Crippen LogP contribution in [-0.4, -0.2) is 13.5 Å². The highest BCUT2D eigenvalue weighted by atomic mass is 32.2. The third-order valence-electron chi connectivity index (χ3n) is 3.59. The Labute approximate surface area is 167 Å². The summed E-state index contributed by atoms with van der Waals surface area (Å²) in [7, 11) is -4.42. The number of sulfonamides is 1. The van der Waals surface area contributed by atoms with Gasteiger partial charge in [0.1, 0.15) is 0 Å². The van der Waals surface area contributed by atoms with Crippen molar-refractivity contribution in [2.45, 2.75) is 24.2 Å². The Hall–Kier alpha value is -2.38. The smallest absolute Gasteiger partial charge is 0.375 e. The fourth-order valence-electron chi connectivity index (χ4n) is 2.18. The Morgan fingerprint density at radius 3 is 1.79 bits per heavy atom. The van der Waals surface area contributed by atoms with Crippen LogP contribution in [0.25, 0.3) is 0 Å². The minimum atomic E-state index is -5.13. The summed E-state index contributed by atoms with van der Waals surface area (Å²) in [5, 5.41) is -0.553. The lowest BCUT2D eigenvalue weighted by atomic mass is 10.1. The molecule has 2 aromatic rings.